The van der Waals surface area contributed by atoms with Crippen molar-refractivity contribution in [1.82, 2.24) is 4.90 Å². The summed E-state index contributed by atoms with van der Waals surface area (Å²) in [6.07, 6.45) is 4.59. The van der Waals surface area contributed by atoms with Crippen LogP contribution in [0.5, 0.6) is 0 Å². The van der Waals surface area contributed by atoms with Crippen LogP contribution in [0, 0.1) is 5.92 Å². The first-order valence-electron chi connectivity index (χ1n) is 6.92. The molecule has 0 bridgehead atoms. The fraction of sp³-hybridized carbons (Fsp3) is 0.929. The molecule has 102 valence electrons. The van der Waals surface area contributed by atoms with Crippen LogP contribution in [0.2, 0.25) is 0 Å². The molecule has 0 atom stereocenters. The van der Waals surface area contributed by atoms with Gasteiger partial charge in [-0.05, 0) is 31.6 Å². The van der Waals surface area contributed by atoms with Gasteiger partial charge in [0, 0.05) is 24.9 Å². The maximum atomic E-state index is 12.2. The number of hydrogen-bond acceptors (Lipinski definition) is 1. The predicted molar refractivity (Wildman–Crippen MR) is 75.5 cm³/mol. The van der Waals surface area contributed by atoms with E-state index < -0.39 is 0 Å². The molecule has 0 heterocycles. The zero-order valence-corrected chi connectivity index (χ0v) is 12.6. The van der Waals surface area contributed by atoms with Crippen molar-refractivity contribution in [1.29, 1.82) is 0 Å². The molecule has 0 aliphatic rings. The molecular weight excluding hydrogens is 234 g/mol. The second kappa shape index (κ2) is 9.76. The third-order valence-corrected chi connectivity index (χ3v) is 3.31. The highest BCUT2D eigenvalue weighted by Gasteiger charge is 2.21. The second-order valence-electron chi connectivity index (χ2n) is 5.06. The van der Waals surface area contributed by atoms with Gasteiger partial charge in [0.05, 0.1) is 0 Å². The Hall–Kier alpha value is -0.240. The van der Waals surface area contributed by atoms with Gasteiger partial charge in [-0.1, -0.05) is 27.7 Å². The van der Waals surface area contributed by atoms with E-state index >= 15 is 0 Å². The Morgan fingerprint density at radius 2 is 1.76 bits per heavy atom. The third-order valence-electron chi connectivity index (χ3n) is 3.04. The van der Waals surface area contributed by atoms with E-state index in [9.17, 15) is 4.79 Å². The molecule has 0 N–H and O–H groups in total. The highest BCUT2D eigenvalue weighted by molar-refractivity contribution is 6.17. The average molecular weight is 262 g/mol. The van der Waals surface area contributed by atoms with Gasteiger partial charge in [0.1, 0.15) is 0 Å². The van der Waals surface area contributed by atoms with Gasteiger partial charge in [-0.2, -0.15) is 0 Å². The van der Waals surface area contributed by atoms with Crippen molar-refractivity contribution in [2.24, 2.45) is 5.92 Å². The van der Waals surface area contributed by atoms with E-state index in [0.717, 1.165) is 32.2 Å². The molecule has 0 aromatic carbocycles. The van der Waals surface area contributed by atoms with Crippen molar-refractivity contribution >= 4 is 17.5 Å². The molecule has 0 radical (unpaired) electrons. The first-order chi connectivity index (χ1) is 8.06. The Labute approximate surface area is 112 Å². The van der Waals surface area contributed by atoms with E-state index in [4.69, 9.17) is 11.6 Å². The molecule has 0 unspecified atom stereocenters. The molecule has 0 aromatic rings. The number of carbonyl (C=O) groups excluding carboxylic acids is 1. The highest BCUT2D eigenvalue weighted by atomic mass is 35.5. The molecule has 0 aliphatic carbocycles. The number of halogens is 1. The van der Waals surface area contributed by atoms with E-state index in [0.29, 0.717) is 30.2 Å². The molecule has 0 spiro atoms. The van der Waals surface area contributed by atoms with Crippen LogP contribution in [0.4, 0.5) is 0 Å². The molecule has 0 rings (SSSR count). The molecular formula is C14H28ClNO. The van der Waals surface area contributed by atoms with Gasteiger partial charge < -0.3 is 4.90 Å². The average Bonchev–Trinajstić information content (AvgIpc) is 2.29. The van der Waals surface area contributed by atoms with E-state index in [1.165, 1.54) is 0 Å². The van der Waals surface area contributed by atoms with E-state index in [2.05, 4.69) is 32.6 Å². The molecule has 0 aromatic heterocycles. The van der Waals surface area contributed by atoms with Gasteiger partial charge in [-0.25, -0.2) is 0 Å². The quantitative estimate of drug-likeness (QED) is 0.453. The van der Waals surface area contributed by atoms with Crippen LogP contribution in [-0.2, 0) is 4.79 Å². The number of alkyl halides is 1. The Balaban J connectivity index is 4.38. The van der Waals surface area contributed by atoms with Crippen molar-refractivity contribution in [3.63, 3.8) is 0 Å². The normalized spacial score (nSPS) is 11.2. The summed E-state index contributed by atoms with van der Waals surface area (Å²) in [4.78, 5) is 14.3. The SMILES string of the molecule is CCC(CC)N(CC(C)C)C(=O)CCCCCl. The largest absolute Gasteiger partial charge is 0.339 e. The number of hydrogen-bond donors (Lipinski definition) is 0. The molecule has 3 heteroatoms. The van der Waals surface area contributed by atoms with Crippen LogP contribution in [0.25, 0.3) is 0 Å². The summed E-state index contributed by atoms with van der Waals surface area (Å²) in [6, 6.07) is 0.404. The van der Waals surface area contributed by atoms with E-state index in [1.807, 2.05) is 0 Å². The summed E-state index contributed by atoms with van der Waals surface area (Å²) >= 11 is 5.64. The lowest BCUT2D eigenvalue weighted by Gasteiger charge is -2.32. The Bertz CT molecular complexity index is 202. The van der Waals surface area contributed by atoms with E-state index in [1.54, 1.807) is 0 Å². The summed E-state index contributed by atoms with van der Waals surface area (Å²) in [6.45, 7) is 9.54. The van der Waals surface area contributed by atoms with Crippen LogP contribution in [0.1, 0.15) is 59.8 Å². The number of rotatable bonds is 9. The topological polar surface area (TPSA) is 20.3 Å². The summed E-state index contributed by atoms with van der Waals surface area (Å²) in [5.41, 5.74) is 0. The number of nitrogens with zero attached hydrogens (tertiary/aromatic N) is 1. The van der Waals surface area contributed by atoms with Gasteiger partial charge in [0.15, 0.2) is 0 Å². The second-order valence-corrected chi connectivity index (χ2v) is 5.43. The molecule has 0 saturated heterocycles. The van der Waals surface area contributed by atoms with Gasteiger partial charge in [0.2, 0.25) is 5.91 Å². The Kier molecular flexibility index (Phi) is 9.62. The third kappa shape index (κ3) is 6.92. The van der Waals surface area contributed by atoms with E-state index in [-0.39, 0.29) is 0 Å². The highest BCUT2D eigenvalue weighted by Crippen LogP contribution is 2.14. The van der Waals surface area contributed by atoms with Gasteiger partial charge in [-0.15, -0.1) is 11.6 Å². The van der Waals surface area contributed by atoms with Crippen LogP contribution >= 0.6 is 11.6 Å². The summed E-state index contributed by atoms with van der Waals surface area (Å²) < 4.78 is 0. The van der Waals surface area contributed by atoms with Crippen molar-refractivity contribution in [2.45, 2.75) is 65.8 Å². The van der Waals surface area contributed by atoms with Crippen molar-refractivity contribution in [3.8, 4) is 0 Å². The maximum Gasteiger partial charge on any atom is 0.222 e. The number of amides is 1. The lowest BCUT2D eigenvalue weighted by Crippen LogP contribution is -2.41. The summed E-state index contributed by atoms with van der Waals surface area (Å²) in [5.74, 6) is 1.49. The zero-order valence-electron chi connectivity index (χ0n) is 11.8. The monoisotopic (exact) mass is 261 g/mol. The minimum absolute atomic E-state index is 0.303. The first-order valence-corrected chi connectivity index (χ1v) is 7.45. The standard InChI is InChI=1S/C14H28ClNO/c1-5-13(6-2)16(11-12(3)4)14(17)9-7-8-10-15/h12-13H,5-11H2,1-4H3. The fourth-order valence-corrected chi connectivity index (χ4v) is 2.28. The molecule has 2 nitrogen and oxygen atoms in total. The van der Waals surface area contributed by atoms with Crippen LogP contribution in [-0.4, -0.2) is 29.3 Å². The fourth-order valence-electron chi connectivity index (χ4n) is 2.09. The lowest BCUT2D eigenvalue weighted by molar-refractivity contribution is -0.134. The Morgan fingerprint density at radius 1 is 1.18 bits per heavy atom. The van der Waals surface area contributed by atoms with Crippen LogP contribution in [0.15, 0.2) is 0 Å². The first kappa shape index (κ1) is 16.8. The number of unbranched alkanes of at least 4 members (excludes halogenated alkanes) is 1. The van der Waals surface area contributed by atoms with Gasteiger partial charge >= 0.3 is 0 Å². The minimum Gasteiger partial charge on any atom is -0.339 e. The molecule has 1 amide bonds. The van der Waals surface area contributed by atoms with Crippen molar-refractivity contribution in [2.75, 3.05) is 12.4 Å². The minimum atomic E-state index is 0.303. The molecule has 0 aliphatic heterocycles. The maximum absolute atomic E-state index is 12.2. The van der Waals surface area contributed by atoms with Crippen LogP contribution < -0.4 is 0 Å². The van der Waals surface area contributed by atoms with Crippen LogP contribution in [0.3, 0.4) is 0 Å². The molecule has 17 heavy (non-hydrogen) atoms. The zero-order chi connectivity index (χ0) is 13.3. The molecule has 0 fully saturated rings. The van der Waals surface area contributed by atoms with Crippen molar-refractivity contribution < 1.29 is 4.79 Å². The molecule has 0 saturated carbocycles. The Morgan fingerprint density at radius 3 is 2.18 bits per heavy atom. The summed E-state index contributed by atoms with van der Waals surface area (Å²) in [7, 11) is 0. The van der Waals surface area contributed by atoms with Gasteiger partial charge in [0.25, 0.3) is 0 Å². The van der Waals surface area contributed by atoms with Crippen molar-refractivity contribution in [3.05, 3.63) is 0 Å². The smallest absolute Gasteiger partial charge is 0.222 e. The lowest BCUT2D eigenvalue weighted by atomic mass is 10.1. The summed E-state index contributed by atoms with van der Waals surface area (Å²) in [5, 5.41) is 0. The number of carbonyl (C=O) groups is 1. The predicted octanol–water partition coefficient (Wildman–Crippen LogP) is 4.07. The van der Waals surface area contributed by atoms with Gasteiger partial charge in [-0.3, -0.25) is 4.79 Å².